The van der Waals surface area contributed by atoms with Crippen LogP contribution in [0.4, 0.5) is 5.69 Å². The largest absolute Gasteiger partial charge is 0.487 e. The summed E-state index contributed by atoms with van der Waals surface area (Å²) in [7, 11) is 1.63. The van der Waals surface area contributed by atoms with E-state index in [-0.39, 0.29) is 37.3 Å². The van der Waals surface area contributed by atoms with Crippen molar-refractivity contribution in [3.05, 3.63) is 60.6 Å². The summed E-state index contributed by atoms with van der Waals surface area (Å²) in [4.78, 5) is 16.3. The predicted molar refractivity (Wildman–Crippen MR) is 114 cm³/mol. The van der Waals surface area contributed by atoms with E-state index >= 15 is 0 Å². The standard InChI is InChI=1S/C19H22N4O3.2ClH/c1-25-11-9-20-12-19(24)22-15-5-7-17(8-6-15)26-14-16-13-23-10-3-2-4-18(23)21-16;;/h2-8,10,13,20H,9,11-12,14H2,1H3,(H,22,24);2*1H. The van der Waals surface area contributed by atoms with Gasteiger partial charge in [0.05, 0.1) is 18.8 Å². The number of hydrogen-bond donors (Lipinski definition) is 2. The van der Waals surface area contributed by atoms with Crippen LogP contribution in [-0.4, -0.2) is 42.1 Å². The molecule has 0 saturated heterocycles. The monoisotopic (exact) mass is 426 g/mol. The zero-order valence-corrected chi connectivity index (χ0v) is 17.1. The topological polar surface area (TPSA) is 76.9 Å². The Kier molecular flexibility index (Phi) is 10.3. The molecule has 7 nitrogen and oxygen atoms in total. The molecule has 0 saturated carbocycles. The molecule has 3 aromatic rings. The molecule has 0 unspecified atom stereocenters. The minimum Gasteiger partial charge on any atom is -0.487 e. The van der Waals surface area contributed by atoms with Gasteiger partial charge in [-0.1, -0.05) is 6.07 Å². The van der Waals surface area contributed by atoms with Crippen molar-refractivity contribution in [2.24, 2.45) is 0 Å². The fourth-order valence-corrected chi connectivity index (χ4v) is 2.43. The van der Waals surface area contributed by atoms with Gasteiger partial charge in [0.1, 0.15) is 18.0 Å². The second-order valence-corrected chi connectivity index (χ2v) is 5.73. The van der Waals surface area contributed by atoms with Gasteiger partial charge in [-0.2, -0.15) is 0 Å². The number of ether oxygens (including phenoxy) is 2. The van der Waals surface area contributed by atoms with E-state index in [1.807, 2.05) is 59.3 Å². The van der Waals surface area contributed by atoms with Crippen molar-refractivity contribution in [2.45, 2.75) is 6.61 Å². The van der Waals surface area contributed by atoms with Crippen LogP contribution < -0.4 is 15.4 Å². The van der Waals surface area contributed by atoms with E-state index in [9.17, 15) is 4.79 Å². The average molecular weight is 427 g/mol. The zero-order valence-electron chi connectivity index (χ0n) is 15.5. The van der Waals surface area contributed by atoms with Gasteiger partial charge in [0.2, 0.25) is 5.91 Å². The fourth-order valence-electron chi connectivity index (χ4n) is 2.43. The quantitative estimate of drug-likeness (QED) is 0.514. The molecule has 9 heteroatoms. The molecular formula is C19H24Cl2N4O3. The number of carbonyl (C=O) groups excluding carboxylic acids is 1. The zero-order chi connectivity index (χ0) is 18.2. The van der Waals surface area contributed by atoms with Gasteiger partial charge in [-0.3, -0.25) is 4.79 Å². The number of nitrogens with one attached hydrogen (secondary N) is 2. The van der Waals surface area contributed by atoms with Gasteiger partial charge in [-0.05, 0) is 36.4 Å². The first-order chi connectivity index (χ1) is 12.7. The Labute approximate surface area is 176 Å². The maximum Gasteiger partial charge on any atom is 0.238 e. The molecular weight excluding hydrogens is 403 g/mol. The molecule has 0 aliphatic heterocycles. The number of benzene rings is 1. The minimum absolute atomic E-state index is 0. The Balaban J connectivity index is 0.00000196. The number of pyridine rings is 1. The van der Waals surface area contributed by atoms with Crippen molar-refractivity contribution in [1.29, 1.82) is 0 Å². The maximum atomic E-state index is 11.8. The van der Waals surface area contributed by atoms with Crippen molar-refractivity contribution in [1.82, 2.24) is 14.7 Å². The molecule has 0 bridgehead atoms. The van der Waals surface area contributed by atoms with Gasteiger partial charge in [0.25, 0.3) is 0 Å². The van der Waals surface area contributed by atoms with Gasteiger partial charge in [0.15, 0.2) is 0 Å². The lowest BCUT2D eigenvalue weighted by Gasteiger charge is -2.08. The van der Waals surface area contributed by atoms with E-state index in [1.165, 1.54) is 0 Å². The van der Waals surface area contributed by atoms with Crippen LogP contribution in [0, 0.1) is 0 Å². The highest BCUT2D eigenvalue weighted by atomic mass is 35.5. The molecule has 2 heterocycles. The molecule has 2 N–H and O–H groups in total. The summed E-state index contributed by atoms with van der Waals surface area (Å²) in [5, 5.41) is 5.82. The number of imidazole rings is 1. The first-order valence-electron chi connectivity index (χ1n) is 8.39. The number of amides is 1. The molecule has 28 heavy (non-hydrogen) atoms. The van der Waals surface area contributed by atoms with Crippen LogP contribution in [0.15, 0.2) is 54.9 Å². The Morgan fingerprint density at radius 3 is 2.64 bits per heavy atom. The summed E-state index contributed by atoms with van der Waals surface area (Å²) in [6.45, 7) is 1.84. The number of anilines is 1. The summed E-state index contributed by atoms with van der Waals surface area (Å²) in [5.41, 5.74) is 2.47. The van der Waals surface area contributed by atoms with Crippen molar-refractivity contribution < 1.29 is 14.3 Å². The molecule has 1 amide bonds. The van der Waals surface area contributed by atoms with Crippen molar-refractivity contribution in [3.8, 4) is 5.75 Å². The Hall–Kier alpha value is -2.32. The van der Waals surface area contributed by atoms with Crippen molar-refractivity contribution in [3.63, 3.8) is 0 Å². The normalized spacial score (nSPS) is 10.0. The highest BCUT2D eigenvalue weighted by Gasteiger charge is 2.04. The second kappa shape index (κ2) is 12.2. The molecule has 0 atom stereocenters. The SMILES string of the molecule is COCCNCC(=O)Nc1ccc(OCc2cn3ccccc3n2)cc1.Cl.Cl. The average Bonchev–Trinajstić information content (AvgIpc) is 3.08. The number of carbonyl (C=O) groups is 1. The second-order valence-electron chi connectivity index (χ2n) is 5.73. The first-order valence-corrected chi connectivity index (χ1v) is 8.39. The van der Waals surface area contributed by atoms with Gasteiger partial charge >= 0.3 is 0 Å². The van der Waals surface area contributed by atoms with Crippen LogP contribution in [0.1, 0.15) is 5.69 Å². The molecule has 1 aromatic carbocycles. The van der Waals surface area contributed by atoms with E-state index in [2.05, 4.69) is 15.6 Å². The Morgan fingerprint density at radius 1 is 1.14 bits per heavy atom. The maximum absolute atomic E-state index is 11.8. The number of hydrogen-bond acceptors (Lipinski definition) is 5. The molecule has 152 valence electrons. The van der Waals surface area contributed by atoms with Crippen LogP contribution >= 0.6 is 24.8 Å². The lowest BCUT2D eigenvalue weighted by Crippen LogP contribution is -2.30. The minimum atomic E-state index is -0.0977. The third-order valence-electron chi connectivity index (χ3n) is 3.71. The third-order valence-corrected chi connectivity index (χ3v) is 3.71. The third kappa shape index (κ3) is 7.01. The summed E-state index contributed by atoms with van der Waals surface area (Å²) in [6, 6.07) is 13.1. The van der Waals surface area contributed by atoms with Gasteiger partial charge in [-0.25, -0.2) is 4.98 Å². The van der Waals surface area contributed by atoms with Gasteiger partial charge in [-0.15, -0.1) is 24.8 Å². The molecule has 0 spiro atoms. The highest BCUT2D eigenvalue weighted by molar-refractivity contribution is 5.92. The van der Waals surface area contributed by atoms with Gasteiger partial charge < -0.3 is 24.5 Å². The van der Waals surface area contributed by atoms with Crippen LogP contribution in [0.5, 0.6) is 5.75 Å². The van der Waals surface area contributed by atoms with E-state index in [4.69, 9.17) is 9.47 Å². The first kappa shape index (κ1) is 23.7. The van der Waals surface area contributed by atoms with Gasteiger partial charge in [0, 0.05) is 31.7 Å². The fraction of sp³-hybridized carbons (Fsp3) is 0.263. The summed E-state index contributed by atoms with van der Waals surface area (Å²) in [6.07, 6.45) is 3.90. The Bertz CT molecular complexity index is 823. The van der Waals surface area contributed by atoms with Crippen molar-refractivity contribution in [2.75, 3.05) is 32.1 Å². The van der Waals surface area contributed by atoms with E-state index in [0.717, 1.165) is 22.8 Å². The number of methoxy groups -OCH3 is 1. The summed E-state index contributed by atoms with van der Waals surface area (Å²) >= 11 is 0. The number of rotatable bonds is 9. The van der Waals surface area contributed by atoms with Crippen LogP contribution in [0.3, 0.4) is 0 Å². The summed E-state index contributed by atoms with van der Waals surface area (Å²) < 4.78 is 12.6. The highest BCUT2D eigenvalue weighted by Crippen LogP contribution is 2.17. The molecule has 0 aliphatic carbocycles. The molecule has 0 aliphatic rings. The van der Waals surface area contributed by atoms with Crippen LogP contribution in [0.2, 0.25) is 0 Å². The molecule has 3 rings (SSSR count). The number of nitrogens with zero attached hydrogens (tertiary/aromatic N) is 2. The molecule has 0 fully saturated rings. The summed E-state index contributed by atoms with van der Waals surface area (Å²) in [5.74, 6) is 0.623. The lowest BCUT2D eigenvalue weighted by atomic mass is 10.3. The van der Waals surface area contributed by atoms with Crippen LogP contribution in [-0.2, 0) is 16.1 Å². The smallest absolute Gasteiger partial charge is 0.238 e. The van der Waals surface area contributed by atoms with E-state index < -0.39 is 0 Å². The predicted octanol–water partition coefficient (Wildman–Crippen LogP) is 2.93. The van der Waals surface area contributed by atoms with E-state index in [1.54, 1.807) is 7.11 Å². The number of aromatic nitrogens is 2. The Morgan fingerprint density at radius 2 is 1.93 bits per heavy atom. The molecule has 2 aromatic heterocycles. The number of fused-ring (bicyclic) bond motifs is 1. The van der Waals surface area contributed by atoms with Crippen LogP contribution in [0.25, 0.3) is 5.65 Å². The number of halogens is 2. The van der Waals surface area contributed by atoms with E-state index in [0.29, 0.717) is 19.8 Å². The molecule has 0 radical (unpaired) electrons. The van der Waals surface area contributed by atoms with Crippen molar-refractivity contribution >= 4 is 42.1 Å². The lowest BCUT2D eigenvalue weighted by molar-refractivity contribution is -0.115.